The molecule has 0 atom stereocenters. The number of aromatic nitrogens is 3. The standard InChI is InChI=1S/C56H50N4.C5H8.C3H8/c1-3-5-25-43(4-2)59-51-32-18-16-30-47(51)55-56(59)48-35-36-52-53(54(48)60(55)44-26-13-8-14-27-44)46-29-15-17-31-50(46)58(52)45-28-19-24-42(37-45)49(57)38-41(40-22-11-7-12-23-40)34-33-39-20-9-6-10-21-39;1-3-5-4-2;1-3-2/h4-5,7-9,11-15,17-29,31-32,34-38H,3,6,10,16,30,33,57H2,1-2H3;3-5H,1H2,2H3;3H2,1-2H3/b25-5-,41-34+,43-4+,49-38-;5-4-;. The van der Waals surface area contributed by atoms with Crippen molar-refractivity contribution < 1.29 is 0 Å². The average molecular weight is 891 g/mol. The van der Waals surface area contributed by atoms with Crippen LogP contribution in [0.3, 0.4) is 0 Å². The van der Waals surface area contributed by atoms with E-state index in [2.05, 4.69) is 230 Å². The first kappa shape index (κ1) is 47.0. The Morgan fingerprint density at radius 3 is 2.12 bits per heavy atom. The Morgan fingerprint density at radius 1 is 0.691 bits per heavy atom. The third-order valence-electron chi connectivity index (χ3n) is 12.5. The van der Waals surface area contributed by atoms with Crippen LogP contribution in [0.2, 0.25) is 0 Å². The summed E-state index contributed by atoms with van der Waals surface area (Å²) in [7, 11) is 0. The molecule has 0 saturated heterocycles. The highest BCUT2D eigenvalue weighted by atomic mass is 15.1. The van der Waals surface area contributed by atoms with Gasteiger partial charge in [-0.1, -0.05) is 173 Å². The van der Waals surface area contributed by atoms with E-state index in [1.165, 1.54) is 67.3 Å². The number of allylic oxidation sites excluding steroid dienone is 15. The normalized spacial score (nSPS) is 14.1. The van der Waals surface area contributed by atoms with Crippen LogP contribution in [0.25, 0.3) is 78.2 Å². The first-order chi connectivity index (χ1) is 33.5. The molecule has 0 aliphatic heterocycles. The zero-order chi connectivity index (χ0) is 47.4. The molecule has 0 unspecified atom stereocenters. The van der Waals surface area contributed by atoms with E-state index >= 15 is 0 Å². The van der Waals surface area contributed by atoms with Gasteiger partial charge in [0.25, 0.3) is 0 Å². The van der Waals surface area contributed by atoms with Crippen molar-refractivity contribution in [2.75, 3.05) is 0 Å². The molecule has 4 nitrogen and oxygen atoms in total. The van der Waals surface area contributed by atoms with Crippen LogP contribution in [0.1, 0.15) is 95.5 Å². The predicted molar refractivity (Wildman–Crippen MR) is 298 cm³/mol. The van der Waals surface area contributed by atoms with Gasteiger partial charge in [-0.05, 0) is 135 Å². The van der Waals surface area contributed by atoms with E-state index in [0.29, 0.717) is 0 Å². The summed E-state index contributed by atoms with van der Waals surface area (Å²) in [6, 6.07) is 43.9. The molecule has 68 heavy (non-hydrogen) atoms. The number of fused-ring (bicyclic) bond motifs is 9. The molecular weight excluding hydrogens is 825 g/mol. The summed E-state index contributed by atoms with van der Waals surface area (Å²) < 4.78 is 7.50. The Morgan fingerprint density at radius 2 is 1.41 bits per heavy atom. The van der Waals surface area contributed by atoms with Crippen LogP contribution in [0.4, 0.5) is 0 Å². The summed E-state index contributed by atoms with van der Waals surface area (Å²) in [4.78, 5) is 0. The second-order valence-corrected chi connectivity index (χ2v) is 17.3. The number of hydrogen-bond acceptors (Lipinski definition) is 1. The van der Waals surface area contributed by atoms with E-state index in [-0.39, 0.29) is 0 Å². The maximum absolute atomic E-state index is 7.08. The third kappa shape index (κ3) is 9.50. The Balaban J connectivity index is 0.000000727. The number of hydrogen-bond donors (Lipinski definition) is 1. The van der Waals surface area contributed by atoms with Crippen molar-refractivity contribution in [2.45, 2.75) is 79.6 Å². The van der Waals surface area contributed by atoms with Gasteiger partial charge < -0.3 is 19.4 Å². The Hall–Kier alpha value is -7.56. The topological polar surface area (TPSA) is 40.8 Å². The van der Waals surface area contributed by atoms with Gasteiger partial charge in [0.2, 0.25) is 0 Å². The van der Waals surface area contributed by atoms with Gasteiger partial charge in [0, 0.05) is 44.5 Å². The largest absolute Gasteiger partial charge is 0.398 e. The van der Waals surface area contributed by atoms with Gasteiger partial charge in [0.05, 0.1) is 33.3 Å². The lowest BCUT2D eigenvalue weighted by Gasteiger charge is -2.15. The molecule has 0 spiro atoms. The van der Waals surface area contributed by atoms with E-state index in [1.54, 1.807) is 6.08 Å². The number of rotatable bonds is 11. The van der Waals surface area contributed by atoms with Gasteiger partial charge in [-0.3, -0.25) is 0 Å². The molecule has 2 aliphatic rings. The summed E-state index contributed by atoms with van der Waals surface area (Å²) in [5.74, 6) is 0. The zero-order valence-corrected chi connectivity index (χ0v) is 40.6. The SMILES string of the molecule is C/C=C(\C=C/CC)n1c2c(c3c1c1ccc4c(c5ccccc5n4-c4cccc(/C(N)=C/C(=C\CC5=CCCC=C5)c5ccccc5)c4)c1n3-c1ccccc1)CCC=C2.C=C/C=C\C.CCC. The first-order valence-electron chi connectivity index (χ1n) is 24.6. The Kier molecular flexibility index (Phi) is 15.4. The molecule has 0 fully saturated rings. The minimum atomic E-state index is 0.736. The lowest BCUT2D eigenvalue weighted by atomic mass is 9.98. The second-order valence-electron chi connectivity index (χ2n) is 17.3. The fourth-order valence-electron chi connectivity index (χ4n) is 9.61. The lowest BCUT2D eigenvalue weighted by Crippen LogP contribution is -2.02. The van der Waals surface area contributed by atoms with Crippen molar-refractivity contribution in [3.05, 3.63) is 229 Å². The van der Waals surface area contributed by atoms with Gasteiger partial charge in [-0.25, -0.2) is 0 Å². The quantitative estimate of drug-likeness (QED) is 0.129. The van der Waals surface area contributed by atoms with Crippen molar-refractivity contribution >= 4 is 66.8 Å². The minimum absolute atomic E-state index is 0.736. The molecule has 0 saturated carbocycles. The molecule has 342 valence electrons. The van der Waals surface area contributed by atoms with Crippen LogP contribution in [0.5, 0.6) is 0 Å². The molecule has 0 radical (unpaired) electrons. The van der Waals surface area contributed by atoms with Crippen LogP contribution in [-0.4, -0.2) is 13.7 Å². The molecule has 2 N–H and O–H groups in total. The minimum Gasteiger partial charge on any atom is -0.398 e. The molecule has 10 rings (SSSR count). The summed E-state index contributed by atoms with van der Waals surface area (Å²) >= 11 is 0. The highest BCUT2D eigenvalue weighted by molar-refractivity contribution is 6.26. The number of benzene rings is 5. The van der Waals surface area contributed by atoms with Crippen LogP contribution >= 0.6 is 0 Å². The van der Waals surface area contributed by atoms with Gasteiger partial charge >= 0.3 is 0 Å². The maximum atomic E-state index is 7.08. The molecule has 5 aromatic carbocycles. The van der Waals surface area contributed by atoms with E-state index in [9.17, 15) is 0 Å². The summed E-state index contributed by atoms with van der Waals surface area (Å²) in [6.07, 6.45) is 35.7. The van der Waals surface area contributed by atoms with Crippen LogP contribution in [0.15, 0.2) is 206 Å². The number of para-hydroxylation sites is 2. The first-order valence-corrected chi connectivity index (χ1v) is 24.6. The fourth-order valence-corrected chi connectivity index (χ4v) is 9.61. The monoisotopic (exact) mass is 891 g/mol. The van der Waals surface area contributed by atoms with Gasteiger partial charge in [-0.2, -0.15) is 0 Å². The summed E-state index contributed by atoms with van der Waals surface area (Å²) in [5.41, 5.74) is 24.7. The van der Waals surface area contributed by atoms with Crippen molar-refractivity contribution in [1.29, 1.82) is 0 Å². The number of nitrogens with two attached hydrogens (primary N) is 1. The van der Waals surface area contributed by atoms with E-state index in [4.69, 9.17) is 5.73 Å². The highest BCUT2D eigenvalue weighted by Crippen LogP contribution is 2.46. The van der Waals surface area contributed by atoms with E-state index < -0.39 is 0 Å². The average Bonchev–Trinajstić information content (AvgIpc) is 4.03. The fraction of sp³-hybridized carbons (Fsp3) is 0.188. The molecular formula is C64H66N4. The van der Waals surface area contributed by atoms with Gasteiger partial charge in [-0.15, -0.1) is 0 Å². The Bertz CT molecular complexity index is 3310. The molecule has 0 bridgehead atoms. The van der Waals surface area contributed by atoms with E-state index in [0.717, 1.165) is 77.6 Å². The third-order valence-corrected chi connectivity index (χ3v) is 12.5. The van der Waals surface area contributed by atoms with Crippen molar-refractivity contribution in [1.82, 2.24) is 13.7 Å². The molecule has 3 aromatic heterocycles. The molecule has 8 aromatic rings. The summed E-state index contributed by atoms with van der Waals surface area (Å²) in [5, 5.41) is 3.72. The van der Waals surface area contributed by atoms with Crippen molar-refractivity contribution in [2.24, 2.45) is 5.73 Å². The van der Waals surface area contributed by atoms with Crippen LogP contribution in [0, 0.1) is 0 Å². The molecule has 3 heterocycles. The predicted octanol–water partition coefficient (Wildman–Crippen LogP) is 17.7. The molecule has 2 aliphatic carbocycles. The lowest BCUT2D eigenvalue weighted by molar-refractivity contribution is 0.966. The second kappa shape index (κ2) is 22.3. The molecule has 0 amide bonds. The van der Waals surface area contributed by atoms with Gasteiger partial charge in [0.1, 0.15) is 0 Å². The van der Waals surface area contributed by atoms with Crippen LogP contribution in [-0.2, 0) is 6.42 Å². The summed E-state index contributed by atoms with van der Waals surface area (Å²) in [6.45, 7) is 14.0. The van der Waals surface area contributed by atoms with Crippen molar-refractivity contribution in [3.8, 4) is 11.4 Å². The maximum Gasteiger partial charge on any atom is 0.0800 e. The van der Waals surface area contributed by atoms with E-state index in [1.807, 2.05) is 19.1 Å². The zero-order valence-electron chi connectivity index (χ0n) is 40.6. The highest BCUT2D eigenvalue weighted by Gasteiger charge is 2.28. The number of aryl methyl sites for hydroxylation is 1. The molecule has 4 heteroatoms. The number of nitrogens with zero attached hydrogens (tertiary/aromatic N) is 3. The van der Waals surface area contributed by atoms with Gasteiger partial charge in [0.15, 0.2) is 0 Å². The van der Waals surface area contributed by atoms with Crippen LogP contribution < -0.4 is 5.73 Å². The van der Waals surface area contributed by atoms with Crippen molar-refractivity contribution in [3.63, 3.8) is 0 Å². The Labute approximate surface area is 404 Å². The smallest absolute Gasteiger partial charge is 0.0800 e.